The topological polar surface area (TPSA) is 76.3 Å². The highest BCUT2D eigenvalue weighted by atomic mass is 35.5. The Bertz CT molecular complexity index is 834. The van der Waals surface area contributed by atoms with Crippen LogP contribution in [0.5, 0.6) is 0 Å². The number of nitrogens with zero attached hydrogens (tertiary/aromatic N) is 2. The van der Waals surface area contributed by atoms with Gasteiger partial charge in [0.15, 0.2) is 0 Å². The van der Waals surface area contributed by atoms with Crippen molar-refractivity contribution in [3.8, 4) is 0 Å². The van der Waals surface area contributed by atoms with Crippen LogP contribution in [-0.2, 0) is 10.5 Å². The van der Waals surface area contributed by atoms with E-state index in [2.05, 4.69) is 4.98 Å². The zero-order valence-corrected chi connectivity index (χ0v) is 16.9. The minimum absolute atomic E-state index is 0.0759. The summed E-state index contributed by atoms with van der Waals surface area (Å²) in [7, 11) is 0. The molecule has 1 aromatic carbocycles. The molecule has 142 valence electrons. The Hall–Kier alpha value is -1.76. The first-order valence-corrected chi connectivity index (χ1v) is 10.3. The predicted octanol–water partition coefficient (Wildman–Crippen LogP) is 4.02. The average Bonchev–Trinajstić information content (AvgIpc) is 2.67. The van der Waals surface area contributed by atoms with Crippen LogP contribution in [-0.4, -0.2) is 34.8 Å². The van der Waals surface area contributed by atoms with Gasteiger partial charge in [-0.15, -0.1) is 11.8 Å². The number of benzene rings is 1. The van der Waals surface area contributed by atoms with E-state index in [9.17, 15) is 9.59 Å². The molecule has 2 aromatic rings. The zero-order valence-electron chi connectivity index (χ0n) is 14.5. The van der Waals surface area contributed by atoms with Crippen molar-refractivity contribution in [1.82, 2.24) is 9.88 Å². The number of carbonyl (C=O) groups is 2. The molecule has 8 heteroatoms. The second kappa shape index (κ2) is 8.95. The fraction of sp³-hybridized carbons (Fsp3) is 0.316. The van der Waals surface area contributed by atoms with Crippen molar-refractivity contribution in [1.29, 1.82) is 0 Å². The lowest BCUT2D eigenvalue weighted by molar-refractivity contribution is -0.123. The van der Waals surface area contributed by atoms with Crippen LogP contribution in [0.1, 0.15) is 28.8 Å². The van der Waals surface area contributed by atoms with Crippen LogP contribution in [0, 0.1) is 5.92 Å². The van der Waals surface area contributed by atoms with Crippen LogP contribution in [0.25, 0.3) is 0 Å². The number of primary amides is 1. The summed E-state index contributed by atoms with van der Waals surface area (Å²) < 4.78 is 0. The maximum Gasteiger partial charge on any atom is 0.255 e. The first-order valence-electron chi connectivity index (χ1n) is 8.55. The molecular formula is C19H19Cl2N3O2S. The summed E-state index contributed by atoms with van der Waals surface area (Å²) in [5.41, 5.74) is 6.80. The van der Waals surface area contributed by atoms with Gasteiger partial charge in [0, 0.05) is 42.0 Å². The van der Waals surface area contributed by atoms with E-state index in [1.807, 2.05) is 6.07 Å². The maximum absolute atomic E-state index is 12.7. The molecule has 0 bridgehead atoms. The second-order valence-electron chi connectivity index (χ2n) is 6.39. The molecular weight excluding hydrogens is 405 g/mol. The number of amides is 2. The summed E-state index contributed by atoms with van der Waals surface area (Å²) in [5, 5.41) is 1.20. The molecule has 1 saturated heterocycles. The smallest absolute Gasteiger partial charge is 0.255 e. The molecule has 5 nitrogen and oxygen atoms in total. The number of rotatable bonds is 5. The number of likely N-dealkylation sites (tertiary alicyclic amines) is 1. The number of thioether (sulfide) groups is 1. The zero-order chi connectivity index (χ0) is 19.4. The number of piperidine rings is 1. The summed E-state index contributed by atoms with van der Waals surface area (Å²) in [5.74, 6) is 0.0887. The lowest BCUT2D eigenvalue weighted by Gasteiger charge is -2.30. The van der Waals surface area contributed by atoms with E-state index in [-0.39, 0.29) is 17.7 Å². The van der Waals surface area contributed by atoms with Gasteiger partial charge in [0.1, 0.15) is 0 Å². The number of pyridine rings is 1. The van der Waals surface area contributed by atoms with Crippen LogP contribution in [0.3, 0.4) is 0 Å². The van der Waals surface area contributed by atoms with Crippen LogP contribution >= 0.6 is 35.0 Å². The number of hydrogen-bond acceptors (Lipinski definition) is 4. The SMILES string of the molecule is NC(=O)C1CCN(C(=O)c2cncc(CSc3c(Cl)cccc3Cl)c2)CC1. The highest BCUT2D eigenvalue weighted by molar-refractivity contribution is 7.98. The van der Waals surface area contributed by atoms with E-state index in [1.54, 1.807) is 35.5 Å². The third-order valence-electron chi connectivity index (χ3n) is 4.53. The number of halogens is 2. The molecule has 27 heavy (non-hydrogen) atoms. The van der Waals surface area contributed by atoms with Crippen molar-refractivity contribution in [3.63, 3.8) is 0 Å². The van der Waals surface area contributed by atoms with E-state index < -0.39 is 0 Å². The predicted molar refractivity (Wildman–Crippen MR) is 108 cm³/mol. The highest BCUT2D eigenvalue weighted by Crippen LogP contribution is 2.35. The van der Waals surface area contributed by atoms with Gasteiger partial charge in [0.2, 0.25) is 5.91 Å². The summed E-state index contributed by atoms with van der Waals surface area (Å²) >= 11 is 13.9. The van der Waals surface area contributed by atoms with E-state index >= 15 is 0 Å². The molecule has 0 radical (unpaired) electrons. The standard InChI is InChI=1S/C19H19Cl2N3O2S/c20-15-2-1-3-16(21)17(15)27-11-12-8-14(10-23-9-12)19(26)24-6-4-13(5-7-24)18(22)25/h1-3,8-10,13H,4-7,11H2,(H2,22,25). The fourth-order valence-electron chi connectivity index (χ4n) is 3.01. The number of hydrogen-bond donors (Lipinski definition) is 1. The normalized spacial score (nSPS) is 15.0. The van der Waals surface area contributed by atoms with Crippen LogP contribution < -0.4 is 5.73 Å². The largest absolute Gasteiger partial charge is 0.369 e. The van der Waals surface area contributed by atoms with Gasteiger partial charge in [-0.3, -0.25) is 14.6 Å². The van der Waals surface area contributed by atoms with Crippen LogP contribution in [0.15, 0.2) is 41.6 Å². The van der Waals surface area contributed by atoms with E-state index in [0.717, 1.165) is 10.5 Å². The molecule has 2 heterocycles. The lowest BCUT2D eigenvalue weighted by atomic mass is 9.96. The Morgan fingerprint density at radius 3 is 2.48 bits per heavy atom. The van der Waals surface area contributed by atoms with Gasteiger partial charge in [-0.1, -0.05) is 29.3 Å². The van der Waals surface area contributed by atoms with Crippen molar-refractivity contribution in [2.75, 3.05) is 13.1 Å². The molecule has 1 aliphatic rings. The lowest BCUT2D eigenvalue weighted by Crippen LogP contribution is -2.41. The summed E-state index contributed by atoms with van der Waals surface area (Å²) in [6, 6.07) is 7.23. The molecule has 1 aromatic heterocycles. The number of carbonyl (C=O) groups excluding carboxylic acids is 2. The first kappa shape index (κ1) is 20.0. The number of aromatic nitrogens is 1. The quantitative estimate of drug-likeness (QED) is 0.736. The Morgan fingerprint density at radius 2 is 1.85 bits per heavy atom. The van der Waals surface area contributed by atoms with Crippen molar-refractivity contribution in [2.24, 2.45) is 11.7 Å². The molecule has 3 rings (SSSR count). The van der Waals surface area contributed by atoms with Gasteiger partial charge in [-0.25, -0.2) is 0 Å². The maximum atomic E-state index is 12.7. The van der Waals surface area contributed by atoms with E-state index in [1.165, 1.54) is 11.8 Å². The minimum atomic E-state index is -0.291. The molecule has 0 saturated carbocycles. The first-order chi connectivity index (χ1) is 13.0. The van der Waals surface area contributed by atoms with Gasteiger partial charge in [0.25, 0.3) is 5.91 Å². The van der Waals surface area contributed by atoms with Crippen molar-refractivity contribution < 1.29 is 9.59 Å². The Kier molecular flexibility index (Phi) is 6.63. The summed E-state index contributed by atoms with van der Waals surface area (Å²) in [6.07, 6.45) is 4.51. The van der Waals surface area contributed by atoms with Crippen LogP contribution in [0.2, 0.25) is 10.0 Å². The third-order valence-corrected chi connectivity index (χ3v) is 6.59. The molecule has 0 spiro atoms. The Morgan fingerprint density at radius 1 is 1.19 bits per heavy atom. The highest BCUT2D eigenvalue weighted by Gasteiger charge is 2.26. The number of nitrogens with two attached hydrogens (primary N) is 1. The third kappa shape index (κ3) is 4.94. The van der Waals surface area contributed by atoms with Crippen molar-refractivity contribution in [3.05, 3.63) is 57.8 Å². The van der Waals surface area contributed by atoms with Crippen molar-refractivity contribution in [2.45, 2.75) is 23.5 Å². The minimum Gasteiger partial charge on any atom is -0.369 e. The van der Waals surface area contributed by atoms with Gasteiger partial charge < -0.3 is 10.6 Å². The molecule has 2 amide bonds. The molecule has 0 unspecified atom stereocenters. The molecule has 0 atom stereocenters. The molecule has 1 aliphatic heterocycles. The van der Waals surface area contributed by atoms with Crippen molar-refractivity contribution >= 4 is 46.8 Å². The summed E-state index contributed by atoms with van der Waals surface area (Å²) in [4.78, 5) is 30.8. The average molecular weight is 424 g/mol. The fourth-order valence-corrected chi connectivity index (χ4v) is 4.61. The van der Waals surface area contributed by atoms with E-state index in [0.29, 0.717) is 47.3 Å². The van der Waals surface area contributed by atoms with Gasteiger partial charge in [-0.05, 0) is 36.6 Å². The van der Waals surface area contributed by atoms with Crippen LogP contribution in [0.4, 0.5) is 0 Å². The van der Waals surface area contributed by atoms with E-state index in [4.69, 9.17) is 28.9 Å². The molecule has 0 aliphatic carbocycles. The molecule has 1 fully saturated rings. The molecule has 2 N–H and O–H groups in total. The summed E-state index contributed by atoms with van der Waals surface area (Å²) in [6.45, 7) is 1.06. The van der Waals surface area contributed by atoms with Gasteiger partial charge in [0.05, 0.1) is 15.6 Å². The Labute approximate surface area is 172 Å². The second-order valence-corrected chi connectivity index (χ2v) is 8.19. The Balaban J connectivity index is 1.65. The van der Waals surface area contributed by atoms with Gasteiger partial charge >= 0.3 is 0 Å². The monoisotopic (exact) mass is 423 g/mol. The van der Waals surface area contributed by atoms with Gasteiger partial charge in [-0.2, -0.15) is 0 Å².